The van der Waals surface area contributed by atoms with Crippen LogP contribution < -0.4 is 10.6 Å². The maximum atomic E-state index is 4.47. The fourth-order valence-electron chi connectivity index (χ4n) is 3.36. The Kier molecular flexibility index (Phi) is 8.74. The van der Waals surface area contributed by atoms with Crippen molar-refractivity contribution < 1.29 is 0 Å². The number of nitrogens with zero attached hydrogens (tertiary/aromatic N) is 2. The van der Waals surface area contributed by atoms with E-state index in [0.29, 0.717) is 5.92 Å². The van der Waals surface area contributed by atoms with Crippen LogP contribution in [0.15, 0.2) is 65.7 Å². The second-order valence-corrected chi connectivity index (χ2v) is 6.46. The van der Waals surface area contributed by atoms with Gasteiger partial charge in [0, 0.05) is 44.8 Å². The molecule has 2 aromatic rings. The van der Waals surface area contributed by atoms with E-state index in [1.807, 2.05) is 13.1 Å². The second-order valence-electron chi connectivity index (χ2n) is 6.46. The molecule has 0 radical (unpaired) electrons. The molecule has 0 aliphatic carbocycles. The van der Waals surface area contributed by atoms with E-state index < -0.39 is 0 Å². The van der Waals surface area contributed by atoms with Crippen molar-refractivity contribution in [2.75, 3.05) is 38.5 Å². The molecule has 3 rings (SSSR count). The molecule has 1 saturated heterocycles. The summed E-state index contributed by atoms with van der Waals surface area (Å²) in [6.45, 7) is 4.01. The number of hydrogen-bond acceptors (Lipinski definition) is 2. The first-order chi connectivity index (χ1) is 12.4. The van der Waals surface area contributed by atoms with Crippen LogP contribution in [-0.4, -0.2) is 44.1 Å². The van der Waals surface area contributed by atoms with Gasteiger partial charge in [0.1, 0.15) is 0 Å². The van der Waals surface area contributed by atoms with Crippen LogP contribution in [0.2, 0.25) is 0 Å². The van der Waals surface area contributed by atoms with Gasteiger partial charge in [-0.1, -0.05) is 48.5 Å². The minimum Gasteiger partial charge on any atom is -0.385 e. The van der Waals surface area contributed by atoms with Gasteiger partial charge in [-0.05, 0) is 30.5 Å². The molecule has 1 aliphatic rings. The van der Waals surface area contributed by atoms with E-state index in [1.54, 1.807) is 0 Å². The van der Waals surface area contributed by atoms with Crippen LogP contribution in [0, 0.1) is 0 Å². The zero-order chi connectivity index (χ0) is 17.3. The summed E-state index contributed by atoms with van der Waals surface area (Å²) in [6.07, 6.45) is 2.25. The molecule has 1 unspecified atom stereocenters. The van der Waals surface area contributed by atoms with Crippen LogP contribution in [-0.2, 0) is 0 Å². The molecule has 0 aromatic heterocycles. The van der Waals surface area contributed by atoms with E-state index in [1.165, 1.54) is 17.7 Å². The summed E-state index contributed by atoms with van der Waals surface area (Å²) in [5.41, 5.74) is 2.62. The number of aliphatic imine (C=N–C) groups is 1. The Hall–Kier alpha value is -1.76. The number of anilines is 1. The summed E-state index contributed by atoms with van der Waals surface area (Å²) in [4.78, 5) is 6.84. The first-order valence-corrected chi connectivity index (χ1v) is 9.16. The lowest BCUT2D eigenvalue weighted by atomic mass is 9.99. The van der Waals surface area contributed by atoms with Gasteiger partial charge in [0.05, 0.1) is 0 Å². The molecule has 2 N–H and O–H groups in total. The van der Waals surface area contributed by atoms with Crippen LogP contribution in [0.5, 0.6) is 0 Å². The number of rotatable bonds is 6. The summed E-state index contributed by atoms with van der Waals surface area (Å²) in [6, 6.07) is 21.2. The molecular weight excluding hydrogens is 435 g/mol. The van der Waals surface area contributed by atoms with Gasteiger partial charge in [-0.2, -0.15) is 0 Å². The van der Waals surface area contributed by atoms with E-state index in [-0.39, 0.29) is 24.0 Å². The molecule has 5 heteroatoms. The third-order valence-corrected chi connectivity index (χ3v) is 4.71. The van der Waals surface area contributed by atoms with Gasteiger partial charge < -0.3 is 15.5 Å². The first kappa shape index (κ1) is 20.6. The van der Waals surface area contributed by atoms with Gasteiger partial charge in [-0.15, -0.1) is 24.0 Å². The topological polar surface area (TPSA) is 39.7 Å². The van der Waals surface area contributed by atoms with Gasteiger partial charge in [0.2, 0.25) is 0 Å². The molecule has 1 fully saturated rings. The molecule has 0 amide bonds. The summed E-state index contributed by atoms with van der Waals surface area (Å²) in [5, 5.41) is 6.95. The van der Waals surface area contributed by atoms with E-state index in [9.17, 15) is 0 Å². The third kappa shape index (κ3) is 5.90. The van der Waals surface area contributed by atoms with Crippen molar-refractivity contribution in [1.82, 2.24) is 10.2 Å². The maximum Gasteiger partial charge on any atom is 0.193 e. The largest absolute Gasteiger partial charge is 0.385 e. The van der Waals surface area contributed by atoms with E-state index >= 15 is 0 Å². The smallest absolute Gasteiger partial charge is 0.193 e. The molecule has 0 bridgehead atoms. The predicted molar refractivity (Wildman–Crippen MR) is 122 cm³/mol. The number of para-hydroxylation sites is 1. The normalized spacial score (nSPS) is 16.9. The number of benzene rings is 2. The quantitative estimate of drug-likeness (QED) is 0.292. The highest BCUT2D eigenvalue weighted by Gasteiger charge is 2.25. The zero-order valence-corrected chi connectivity index (χ0v) is 17.7. The predicted octanol–water partition coefficient (Wildman–Crippen LogP) is 4.17. The molecule has 1 atom stereocenters. The SMILES string of the molecule is CN=C(NCCCNc1ccccc1)N1CCC(c2ccccc2)C1.I. The second kappa shape index (κ2) is 11.1. The van der Waals surface area contributed by atoms with Crippen molar-refractivity contribution in [2.24, 2.45) is 4.99 Å². The summed E-state index contributed by atoms with van der Waals surface area (Å²) in [7, 11) is 1.88. The number of halogens is 1. The first-order valence-electron chi connectivity index (χ1n) is 9.16. The number of hydrogen-bond donors (Lipinski definition) is 2. The molecular formula is C21H29IN4. The van der Waals surface area contributed by atoms with Crippen LogP contribution in [0.1, 0.15) is 24.3 Å². The Morgan fingerprint density at radius 2 is 1.73 bits per heavy atom. The lowest BCUT2D eigenvalue weighted by molar-refractivity contribution is 0.485. The van der Waals surface area contributed by atoms with E-state index in [0.717, 1.165) is 38.6 Å². The summed E-state index contributed by atoms with van der Waals surface area (Å²) < 4.78 is 0. The molecule has 0 spiro atoms. The van der Waals surface area contributed by atoms with Crippen molar-refractivity contribution in [3.63, 3.8) is 0 Å². The number of likely N-dealkylation sites (tertiary alicyclic amines) is 1. The fraction of sp³-hybridized carbons (Fsp3) is 0.381. The van der Waals surface area contributed by atoms with Crippen LogP contribution in [0.3, 0.4) is 0 Å². The lowest BCUT2D eigenvalue weighted by Crippen LogP contribution is -2.40. The van der Waals surface area contributed by atoms with Crippen LogP contribution >= 0.6 is 24.0 Å². The Labute approximate surface area is 174 Å². The van der Waals surface area contributed by atoms with Gasteiger partial charge in [0.15, 0.2) is 5.96 Å². The van der Waals surface area contributed by atoms with Gasteiger partial charge in [0.25, 0.3) is 0 Å². The molecule has 140 valence electrons. The van der Waals surface area contributed by atoms with E-state index in [2.05, 4.69) is 75.1 Å². The van der Waals surface area contributed by atoms with Gasteiger partial charge in [-0.25, -0.2) is 0 Å². The third-order valence-electron chi connectivity index (χ3n) is 4.71. The minimum atomic E-state index is 0. The van der Waals surface area contributed by atoms with Crippen molar-refractivity contribution in [1.29, 1.82) is 0 Å². The lowest BCUT2D eigenvalue weighted by Gasteiger charge is -2.22. The monoisotopic (exact) mass is 464 g/mol. The molecule has 0 saturated carbocycles. The fourth-order valence-corrected chi connectivity index (χ4v) is 3.36. The van der Waals surface area contributed by atoms with Crippen molar-refractivity contribution in [2.45, 2.75) is 18.8 Å². The maximum absolute atomic E-state index is 4.47. The highest BCUT2D eigenvalue weighted by atomic mass is 127. The summed E-state index contributed by atoms with van der Waals surface area (Å²) in [5.74, 6) is 1.64. The average molecular weight is 464 g/mol. The van der Waals surface area contributed by atoms with E-state index in [4.69, 9.17) is 0 Å². The minimum absolute atomic E-state index is 0. The highest BCUT2D eigenvalue weighted by Crippen LogP contribution is 2.26. The van der Waals surface area contributed by atoms with Crippen molar-refractivity contribution in [3.8, 4) is 0 Å². The molecule has 26 heavy (non-hydrogen) atoms. The Bertz CT molecular complexity index is 660. The van der Waals surface area contributed by atoms with Crippen LogP contribution in [0.4, 0.5) is 5.69 Å². The van der Waals surface area contributed by atoms with Crippen LogP contribution in [0.25, 0.3) is 0 Å². The molecule has 1 heterocycles. The number of guanidine groups is 1. The molecule has 2 aromatic carbocycles. The molecule has 1 aliphatic heterocycles. The Balaban J connectivity index is 0.00000243. The zero-order valence-electron chi connectivity index (χ0n) is 15.4. The highest BCUT2D eigenvalue weighted by molar-refractivity contribution is 14.0. The Morgan fingerprint density at radius 1 is 1.04 bits per heavy atom. The summed E-state index contributed by atoms with van der Waals surface area (Å²) >= 11 is 0. The van der Waals surface area contributed by atoms with Gasteiger partial charge in [-0.3, -0.25) is 4.99 Å². The molecule has 4 nitrogen and oxygen atoms in total. The van der Waals surface area contributed by atoms with Crippen molar-refractivity contribution >= 4 is 35.6 Å². The van der Waals surface area contributed by atoms with Crippen molar-refractivity contribution in [3.05, 3.63) is 66.2 Å². The Morgan fingerprint density at radius 3 is 2.42 bits per heavy atom. The number of nitrogens with one attached hydrogen (secondary N) is 2. The van der Waals surface area contributed by atoms with Gasteiger partial charge >= 0.3 is 0 Å². The average Bonchev–Trinajstić information content (AvgIpc) is 3.16. The standard InChI is InChI=1S/C21H28N4.HI/c1-22-21(24-15-8-14-23-20-11-6-3-7-12-20)25-16-13-19(17-25)18-9-4-2-5-10-18;/h2-7,9-12,19,23H,8,13-17H2,1H3,(H,22,24);1H.